The van der Waals surface area contributed by atoms with Crippen LogP contribution in [0, 0.1) is 0 Å². The SMILES string of the molecule is O=C(N[C@H]1CCCCNC1=O)c1cc(Cl)cc(Cl)c1. The molecular weight excluding hydrogens is 287 g/mol. The number of halogens is 2. The number of nitrogens with one attached hydrogen (secondary N) is 2. The Kier molecular flexibility index (Phi) is 4.66. The van der Waals surface area contributed by atoms with Crippen LogP contribution in [0.3, 0.4) is 0 Å². The van der Waals surface area contributed by atoms with Gasteiger partial charge in [-0.25, -0.2) is 0 Å². The Hall–Kier alpha value is -1.26. The van der Waals surface area contributed by atoms with Gasteiger partial charge in [-0.1, -0.05) is 23.2 Å². The van der Waals surface area contributed by atoms with E-state index in [0.717, 1.165) is 12.8 Å². The number of hydrogen-bond donors (Lipinski definition) is 2. The van der Waals surface area contributed by atoms with Crippen LogP contribution in [0.2, 0.25) is 10.0 Å². The van der Waals surface area contributed by atoms with Crippen molar-refractivity contribution in [1.82, 2.24) is 10.6 Å². The first-order valence-corrected chi connectivity index (χ1v) is 6.86. The molecule has 1 aromatic carbocycles. The van der Waals surface area contributed by atoms with Crippen LogP contribution in [0.15, 0.2) is 18.2 Å². The molecule has 2 rings (SSSR count). The standard InChI is InChI=1S/C13H14Cl2N2O2/c14-9-5-8(6-10(15)7-9)12(18)17-11-3-1-2-4-16-13(11)19/h5-7,11H,1-4H2,(H,16,19)(H,17,18)/t11-/m0/s1. The second-order valence-corrected chi connectivity index (χ2v) is 5.34. The highest BCUT2D eigenvalue weighted by atomic mass is 35.5. The lowest BCUT2D eigenvalue weighted by Gasteiger charge is -2.15. The maximum absolute atomic E-state index is 12.1. The van der Waals surface area contributed by atoms with Crippen molar-refractivity contribution in [3.05, 3.63) is 33.8 Å². The average Bonchev–Trinajstić information content (AvgIpc) is 2.54. The molecule has 0 radical (unpaired) electrons. The summed E-state index contributed by atoms with van der Waals surface area (Å²) in [6.07, 6.45) is 2.48. The van der Waals surface area contributed by atoms with Crippen molar-refractivity contribution in [2.45, 2.75) is 25.3 Å². The molecule has 1 atom stereocenters. The number of benzene rings is 1. The summed E-state index contributed by atoms with van der Waals surface area (Å²) in [4.78, 5) is 23.8. The Balaban J connectivity index is 2.09. The Morgan fingerprint density at radius 2 is 1.89 bits per heavy atom. The van der Waals surface area contributed by atoms with Gasteiger partial charge in [-0.15, -0.1) is 0 Å². The Bertz CT molecular complexity index is 485. The summed E-state index contributed by atoms with van der Waals surface area (Å²) in [5, 5.41) is 6.26. The summed E-state index contributed by atoms with van der Waals surface area (Å²) < 4.78 is 0. The third-order valence-electron chi connectivity index (χ3n) is 2.97. The van der Waals surface area contributed by atoms with Crippen molar-refractivity contribution in [2.24, 2.45) is 0 Å². The molecule has 4 nitrogen and oxygen atoms in total. The summed E-state index contributed by atoms with van der Waals surface area (Å²) in [5.74, 6) is -0.481. The highest BCUT2D eigenvalue weighted by Gasteiger charge is 2.23. The second-order valence-electron chi connectivity index (χ2n) is 4.47. The van der Waals surface area contributed by atoms with Crippen molar-refractivity contribution < 1.29 is 9.59 Å². The van der Waals surface area contributed by atoms with Gasteiger partial charge in [0.05, 0.1) is 0 Å². The van der Waals surface area contributed by atoms with Gasteiger partial charge < -0.3 is 10.6 Å². The van der Waals surface area contributed by atoms with E-state index < -0.39 is 6.04 Å². The van der Waals surface area contributed by atoms with E-state index in [2.05, 4.69) is 10.6 Å². The van der Waals surface area contributed by atoms with E-state index in [0.29, 0.717) is 28.6 Å². The lowest BCUT2D eigenvalue weighted by molar-refractivity contribution is -0.122. The van der Waals surface area contributed by atoms with E-state index >= 15 is 0 Å². The molecule has 0 aromatic heterocycles. The Labute approximate surface area is 121 Å². The van der Waals surface area contributed by atoms with Gasteiger partial charge in [0.15, 0.2) is 0 Å². The van der Waals surface area contributed by atoms with Gasteiger partial charge in [0.2, 0.25) is 5.91 Å². The van der Waals surface area contributed by atoms with Gasteiger partial charge in [-0.05, 0) is 37.5 Å². The number of hydrogen-bond acceptors (Lipinski definition) is 2. The molecule has 1 fully saturated rings. The van der Waals surface area contributed by atoms with E-state index in [1.165, 1.54) is 12.1 Å². The van der Waals surface area contributed by atoms with Gasteiger partial charge in [0.1, 0.15) is 6.04 Å². The Morgan fingerprint density at radius 3 is 2.58 bits per heavy atom. The molecule has 0 spiro atoms. The lowest BCUT2D eigenvalue weighted by Crippen LogP contribution is -2.45. The maximum Gasteiger partial charge on any atom is 0.252 e. The molecule has 1 saturated heterocycles. The van der Waals surface area contributed by atoms with Gasteiger partial charge in [-0.2, -0.15) is 0 Å². The van der Waals surface area contributed by atoms with Crippen LogP contribution >= 0.6 is 23.2 Å². The minimum atomic E-state index is -0.493. The number of amides is 2. The lowest BCUT2D eigenvalue weighted by atomic mass is 10.1. The summed E-state index contributed by atoms with van der Waals surface area (Å²) in [5.41, 5.74) is 0.356. The molecule has 2 N–H and O–H groups in total. The van der Waals surface area contributed by atoms with E-state index in [4.69, 9.17) is 23.2 Å². The molecule has 1 aliphatic rings. The molecule has 19 heavy (non-hydrogen) atoms. The van der Waals surface area contributed by atoms with E-state index in [1.54, 1.807) is 6.07 Å². The molecule has 0 unspecified atom stereocenters. The minimum Gasteiger partial charge on any atom is -0.354 e. The van der Waals surface area contributed by atoms with E-state index in [9.17, 15) is 9.59 Å². The van der Waals surface area contributed by atoms with Crippen molar-refractivity contribution in [3.8, 4) is 0 Å². The van der Waals surface area contributed by atoms with Gasteiger partial charge in [0.25, 0.3) is 5.91 Å². The Morgan fingerprint density at radius 1 is 1.21 bits per heavy atom. The predicted octanol–water partition coefficient (Wildman–Crippen LogP) is 2.39. The van der Waals surface area contributed by atoms with Crippen LogP contribution < -0.4 is 10.6 Å². The van der Waals surface area contributed by atoms with Crippen LogP contribution in [0.5, 0.6) is 0 Å². The zero-order chi connectivity index (χ0) is 13.8. The fraction of sp³-hybridized carbons (Fsp3) is 0.385. The quantitative estimate of drug-likeness (QED) is 0.881. The molecule has 1 aliphatic heterocycles. The highest BCUT2D eigenvalue weighted by molar-refractivity contribution is 6.35. The third kappa shape index (κ3) is 3.85. The van der Waals surface area contributed by atoms with Crippen LogP contribution in [0.4, 0.5) is 0 Å². The van der Waals surface area contributed by atoms with Crippen molar-refractivity contribution in [1.29, 1.82) is 0 Å². The van der Waals surface area contributed by atoms with Gasteiger partial charge >= 0.3 is 0 Å². The molecule has 102 valence electrons. The first-order valence-electron chi connectivity index (χ1n) is 6.11. The smallest absolute Gasteiger partial charge is 0.252 e. The molecule has 0 aliphatic carbocycles. The van der Waals surface area contributed by atoms with Crippen LogP contribution in [-0.2, 0) is 4.79 Å². The molecule has 2 amide bonds. The number of rotatable bonds is 2. The maximum atomic E-state index is 12.1. The molecule has 0 bridgehead atoms. The number of carbonyl (C=O) groups is 2. The van der Waals surface area contributed by atoms with Gasteiger partial charge in [0, 0.05) is 22.2 Å². The van der Waals surface area contributed by atoms with Crippen LogP contribution in [0.1, 0.15) is 29.6 Å². The third-order valence-corrected chi connectivity index (χ3v) is 3.40. The second kappa shape index (κ2) is 6.26. The predicted molar refractivity (Wildman–Crippen MR) is 74.6 cm³/mol. The van der Waals surface area contributed by atoms with Gasteiger partial charge in [-0.3, -0.25) is 9.59 Å². The van der Waals surface area contributed by atoms with Crippen LogP contribution in [0.25, 0.3) is 0 Å². The molecular formula is C13H14Cl2N2O2. The normalized spacial score (nSPS) is 19.5. The fourth-order valence-corrected chi connectivity index (χ4v) is 2.53. The van der Waals surface area contributed by atoms with Crippen molar-refractivity contribution in [2.75, 3.05) is 6.54 Å². The monoisotopic (exact) mass is 300 g/mol. The first kappa shape index (κ1) is 14.2. The molecule has 0 saturated carbocycles. The summed E-state index contributed by atoms with van der Waals surface area (Å²) in [6, 6.07) is 4.11. The summed E-state index contributed by atoms with van der Waals surface area (Å²) in [7, 11) is 0. The minimum absolute atomic E-state index is 0.140. The summed E-state index contributed by atoms with van der Waals surface area (Å²) in [6.45, 7) is 0.661. The molecule has 6 heteroatoms. The summed E-state index contributed by atoms with van der Waals surface area (Å²) >= 11 is 11.7. The molecule has 1 aromatic rings. The molecule has 1 heterocycles. The average molecular weight is 301 g/mol. The largest absolute Gasteiger partial charge is 0.354 e. The van der Waals surface area contributed by atoms with Crippen molar-refractivity contribution in [3.63, 3.8) is 0 Å². The van der Waals surface area contributed by atoms with Crippen LogP contribution in [-0.4, -0.2) is 24.4 Å². The zero-order valence-corrected chi connectivity index (χ0v) is 11.7. The highest BCUT2D eigenvalue weighted by Crippen LogP contribution is 2.19. The van der Waals surface area contributed by atoms with E-state index in [-0.39, 0.29) is 11.8 Å². The fourth-order valence-electron chi connectivity index (χ4n) is 2.00. The first-order chi connectivity index (χ1) is 9.06. The van der Waals surface area contributed by atoms with E-state index in [1.807, 2.05) is 0 Å². The number of carbonyl (C=O) groups excluding carboxylic acids is 2. The topological polar surface area (TPSA) is 58.2 Å². The van der Waals surface area contributed by atoms with Crippen molar-refractivity contribution >= 4 is 35.0 Å². The zero-order valence-electron chi connectivity index (χ0n) is 10.2.